The van der Waals surface area contributed by atoms with Crippen molar-refractivity contribution >= 4 is 15.8 Å². The van der Waals surface area contributed by atoms with Crippen LogP contribution in [0.3, 0.4) is 0 Å². The smallest absolute Gasteiger partial charge is 0.217 e. The normalized spacial score (nSPS) is 25.1. The highest BCUT2D eigenvalue weighted by atomic mass is 32.2. The quantitative estimate of drug-likeness (QED) is 0.814. The highest BCUT2D eigenvalue weighted by Crippen LogP contribution is 2.32. The number of hydrogen-bond donors (Lipinski definition) is 2. The van der Waals surface area contributed by atoms with Crippen LogP contribution in [0.25, 0.3) is 0 Å². The minimum atomic E-state index is -3.24. The van der Waals surface area contributed by atoms with Crippen molar-refractivity contribution in [2.24, 2.45) is 0 Å². The standard InChI is InChI=1S/C19H31N5O2S/c1-20-19-16-9-11-24(27(25,26)15-7-3-2-4-8-15)13-17(16)22-18(23-19)14-6-5-10-21-12-14/h14-15,21H,2-13H2,1H3,(H,20,22,23)/t14-/m0/s1. The van der Waals surface area contributed by atoms with E-state index in [1.807, 2.05) is 7.05 Å². The van der Waals surface area contributed by atoms with Gasteiger partial charge in [0.15, 0.2) is 0 Å². The fraction of sp³-hybridized carbons (Fsp3) is 0.789. The molecule has 2 fully saturated rings. The van der Waals surface area contributed by atoms with Crippen LogP contribution in [0.5, 0.6) is 0 Å². The van der Waals surface area contributed by atoms with Crippen LogP contribution >= 0.6 is 0 Å². The molecule has 8 heteroatoms. The van der Waals surface area contributed by atoms with Crippen LogP contribution < -0.4 is 10.6 Å². The summed E-state index contributed by atoms with van der Waals surface area (Å²) in [7, 11) is -1.36. The van der Waals surface area contributed by atoms with E-state index in [1.165, 1.54) is 0 Å². The Morgan fingerprint density at radius 2 is 1.93 bits per heavy atom. The second-order valence-corrected chi connectivity index (χ2v) is 10.3. The molecule has 1 aromatic rings. The molecular formula is C19H31N5O2S. The third kappa shape index (κ3) is 3.84. The maximum atomic E-state index is 13.1. The Hall–Kier alpha value is -1.25. The van der Waals surface area contributed by atoms with Crippen LogP contribution in [0, 0.1) is 0 Å². The van der Waals surface area contributed by atoms with Gasteiger partial charge in [-0.05, 0) is 38.6 Å². The Labute approximate surface area is 162 Å². The van der Waals surface area contributed by atoms with E-state index in [1.54, 1.807) is 4.31 Å². The van der Waals surface area contributed by atoms with E-state index < -0.39 is 10.0 Å². The van der Waals surface area contributed by atoms with Crippen LogP contribution in [-0.2, 0) is 23.0 Å². The van der Waals surface area contributed by atoms with Gasteiger partial charge in [-0.3, -0.25) is 0 Å². The number of nitrogens with one attached hydrogen (secondary N) is 2. The maximum absolute atomic E-state index is 13.1. The third-order valence-electron chi connectivity index (χ3n) is 6.28. The van der Waals surface area contributed by atoms with Gasteiger partial charge in [-0.15, -0.1) is 0 Å². The fourth-order valence-electron chi connectivity index (χ4n) is 4.68. The van der Waals surface area contributed by atoms with E-state index in [0.29, 0.717) is 25.4 Å². The van der Waals surface area contributed by atoms with Crippen molar-refractivity contribution in [1.29, 1.82) is 0 Å². The Morgan fingerprint density at radius 3 is 2.63 bits per heavy atom. The van der Waals surface area contributed by atoms with E-state index in [0.717, 1.165) is 80.9 Å². The van der Waals surface area contributed by atoms with Gasteiger partial charge in [-0.25, -0.2) is 18.4 Å². The van der Waals surface area contributed by atoms with Crippen molar-refractivity contribution in [2.45, 2.75) is 69.1 Å². The molecule has 7 nitrogen and oxygen atoms in total. The molecule has 0 aromatic carbocycles. The highest BCUT2D eigenvalue weighted by Gasteiger charge is 2.36. The zero-order valence-electron chi connectivity index (χ0n) is 16.2. The van der Waals surface area contributed by atoms with Crippen molar-refractivity contribution in [2.75, 3.05) is 32.0 Å². The van der Waals surface area contributed by atoms with Gasteiger partial charge in [0, 0.05) is 31.6 Å². The number of sulfonamides is 1. The van der Waals surface area contributed by atoms with E-state index in [2.05, 4.69) is 10.6 Å². The van der Waals surface area contributed by atoms with E-state index in [4.69, 9.17) is 9.97 Å². The first-order chi connectivity index (χ1) is 13.1. The minimum absolute atomic E-state index is 0.208. The molecule has 0 bridgehead atoms. The fourth-order valence-corrected chi connectivity index (χ4v) is 6.68. The zero-order chi connectivity index (χ0) is 18.9. The lowest BCUT2D eigenvalue weighted by atomic mass is 9.98. The van der Waals surface area contributed by atoms with Crippen LogP contribution in [0.15, 0.2) is 0 Å². The second-order valence-electron chi connectivity index (χ2n) is 8.04. The largest absolute Gasteiger partial charge is 0.373 e. The zero-order valence-corrected chi connectivity index (χ0v) is 17.0. The van der Waals surface area contributed by atoms with E-state index in [9.17, 15) is 8.42 Å². The molecule has 27 heavy (non-hydrogen) atoms. The Bertz CT molecular complexity index is 771. The van der Waals surface area contributed by atoms with Crippen molar-refractivity contribution < 1.29 is 8.42 Å². The first kappa shape index (κ1) is 19.1. The Kier molecular flexibility index (Phi) is 5.66. The number of hydrogen-bond acceptors (Lipinski definition) is 6. The predicted molar refractivity (Wildman–Crippen MR) is 106 cm³/mol. The summed E-state index contributed by atoms with van der Waals surface area (Å²) >= 11 is 0. The number of nitrogens with zero attached hydrogens (tertiary/aromatic N) is 3. The first-order valence-corrected chi connectivity index (χ1v) is 11.9. The van der Waals surface area contributed by atoms with Crippen LogP contribution in [-0.4, -0.2) is 54.6 Å². The maximum Gasteiger partial charge on any atom is 0.217 e. The van der Waals surface area contributed by atoms with E-state index >= 15 is 0 Å². The van der Waals surface area contributed by atoms with Crippen LogP contribution in [0.4, 0.5) is 5.82 Å². The Morgan fingerprint density at radius 1 is 1.11 bits per heavy atom. The van der Waals surface area contributed by atoms with Gasteiger partial charge in [0.05, 0.1) is 17.5 Å². The molecule has 1 aliphatic carbocycles. The number of piperidine rings is 1. The molecule has 0 spiro atoms. The highest BCUT2D eigenvalue weighted by molar-refractivity contribution is 7.89. The summed E-state index contributed by atoms with van der Waals surface area (Å²) in [5, 5.41) is 6.42. The summed E-state index contributed by atoms with van der Waals surface area (Å²) in [5.74, 6) is 2.03. The summed E-state index contributed by atoms with van der Waals surface area (Å²) in [6.07, 6.45) is 7.71. The van der Waals surface area contributed by atoms with Crippen molar-refractivity contribution in [3.8, 4) is 0 Å². The molecule has 4 rings (SSSR count). The predicted octanol–water partition coefficient (Wildman–Crippen LogP) is 2.01. The molecule has 1 atom stereocenters. The summed E-state index contributed by atoms with van der Waals surface area (Å²) in [6.45, 7) is 2.87. The monoisotopic (exact) mass is 393 g/mol. The lowest BCUT2D eigenvalue weighted by Gasteiger charge is -2.33. The van der Waals surface area contributed by atoms with Crippen LogP contribution in [0.2, 0.25) is 0 Å². The molecule has 1 saturated heterocycles. The minimum Gasteiger partial charge on any atom is -0.373 e. The lowest BCUT2D eigenvalue weighted by Crippen LogP contribution is -2.43. The summed E-state index contributed by atoms with van der Waals surface area (Å²) in [5.41, 5.74) is 1.97. The number of aromatic nitrogens is 2. The van der Waals surface area contributed by atoms with Gasteiger partial charge < -0.3 is 10.6 Å². The number of rotatable bonds is 4. The molecular weight excluding hydrogens is 362 g/mol. The van der Waals surface area contributed by atoms with Gasteiger partial charge in [0.25, 0.3) is 0 Å². The average Bonchev–Trinajstić information content (AvgIpc) is 2.73. The van der Waals surface area contributed by atoms with Crippen molar-refractivity contribution in [3.05, 3.63) is 17.1 Å². The second kappa shape index (κ2) is 8.01. The Balaban J connectivity index is 1.60. The average molecular weight is 394 g/mol. The molecule has 0 unspecified atom stereocenters. The molecule has 2 aliphatic heterocycles. The molecule has 0 amide bonds. The lowest BCUT2D eigenvalue weighted by molar-refractivity contribution is 0.363. The third-order valence-corrected chi connectivity index (χ3v) is 8.62. The van der Waals surface area contributed by atoms with E-state index in [-0.39, 0.29) is 5.25 Å². The van der Waals surface area contributed by atoms with Crippen molar-refractivity contribution in [3.63, 3.8) is 0 Å². The van der Waals surface area contributed by atoms with Gasteiger partial charge in [0.2, 0.25) is 10.0 Å². The number of anilines is 1. The molecule has 3 aliphatic rings. The topological polar surface area (TPSA) is 87.2 Å². The van der Waals surface area contributed by atoms with Gasteiger partial charge in [-0.1, -0.05) is 19.3 Å². The first-order valence-electron chi connectivity index (χ1n) is 10.4. The van der Waals surface area contributed by atoms with Gasteiger partial charge in [0.1, 0.15) is 11.6 Å². The number of fused-ring (bicyclic) bond motifs is 1. The molecule has 1 aromatic heterocycles. The summed E-state index contributed by atoms with van der Waals surface area (Å²) in [4.78, 5) is 9.63. The molecule has 150 valence electrons. The molecule has 0 radical (unpaired) electrons. The molecule has 3 heterocycles. The molecule has 2 N–H and O–H groups in total. The van der Waals surface area contributed by atoms with Crippen molar-refractivity contribution in [1.82, 2.24) is 19.6 Å². The van der Waals surface area contributed by atoms with Gasteiger partial charge in [-0.2, -0.15) is 4.31 Å². The van der Waals surface area contributed by atoms with Crippen LogP contribution in [0.1, 0.15) is 67.9 Å². The summed E-state index contributed by atoms with van der Waals surface area (Å²) < 4.78 is 28.0. The van der Waals surface area contributed by atoms with Gasteiger partial charge >= 0.3 is 0 Å². The molecule has 1 saturated carbocycles. The SMILES string of the molecule is CNc1nc([C@H]2CCCNC2)nc2c1CCN(S(=O)(=O)C1CCCCC1)C2. The summed E-state index contributed by atoms with van der Waals surface area (Å²) in [6, 6.07) is 0.